The summed E-state index contributed by atoms with van der Waals surface area (Å²) < 4.78 is 1.06. The predicted octanol–water partition coefficient (Wildman–Crippen LogP) is 3.41. The Kier molecular flexibility index (Phi) is 6.40. The summed E-state index contributed by atoms with van der Waals surface area (Å²) in [6.45, 7) is 5.00. The van der Waals surface area contributed by atoms with E-state index < -0.39 is 17.2 Å². The first-order chi connectivity index (χ1) is 16.4. The zero-order valence-electron chi connectivity index (χ0n) is 18.9. The van der Waals surface area contributed by atoms with Crippen molar-refractivity contribution in [2.45, 2.75) is 13.8 Å². The van der Waals surface area contributed by atoms with Crippen molar-refractivity contribution in [3.05, 3.63) is 105 Å². The number of carbonyl (C=O) groups is 2. The van der Waals surface area contributed by atoms with Crippen molar-refractivity contribution in [1.82, 2.24) is 14.5 Å². The number of rotatable bonds is 6. The number of hydrogen-bond donors (Lipinski definition) is 2. The molecule has 8 nitrogen and oxygen atoms in total. The first-order valence-corrected chi connectivity index (χ1v) is 11.0. The maximum Gasteiger partial charge on any atom is 0.333 e. The zero-order valence-corrected chi connectivity index (χ0v) is 18.9. The second kappa shape index (κ2) is 9.58. The number of aromatic nitrogens is 2. The van der Waals surface area contributed by atoms with Gasteiger partial charge >= 0.3 is 5.69 Å². The summed E-state index contributed by atoms with van der Waals surface area (Å²) >= 11 is 0. The standard InChI is InChI=1S/C26H24N4O4/c1-3-29(4-2)24(32)18-9-8-10-19(15-18)27-23(31)17-13-14-21-22(16-17)28-26(34)30(25(21)33)20-11-6-5-7-12-20/h5-16H,3-4H2,1-2H3,(H,27,31)(H,28,34). The van der Waals surface area contributed by atoms with E-state index in [4.69, 9.17) is 0 Å². The number of carbonyl (C=O) groups excluding carboxylic acids is 2. The molecule has 0 saturated carbocycles. The van der Waals surface area contributed by atoms with E-state index in [0.717, 1.165) is 4.57 Å². The number of hydrogen-bond acceptors (Lipinski definition) is 4. The number of anilines is 1. The fourth-order valence-corrected chi connectivity index (χ4v) is 3.80. The van der Waals surface area contributed by atoms with Gasteiger partial charge in [-0.25, -0.2) is 9.36 Å². The van der Waals surface area contributed by atoms with Crippen molar-refractivity contribution in [2.75, 3.05) is 18.4 Å². The van der Waals surface area contributed by atoms with E-state index in [0.29, 0.717) is 30.0 Å². The van der Waals surface area contributed by atoms with Crippen molar-refractivity contribution >= 4 is 28.4 Å². The molecule has 172 valence electrons. The van der Waals surface area contributed by atoms with Gasteiger partial charge in [-0.3, -0.25) is 14.4 Å². The van der Waals surface area contributed by atoms with E-state index in [-0.39, 0.29) is 22.4 Å². The SMILES string of the molecule is CCN(CC)C(=O)c1cccc(NC(=O)c2ccc3c(=O)n(-c4ccccc4)c(=O)[nH]c3c2)c1. The van der Waals surface area contributed by atoms with Gasteiger partial charge in [0.25, 0.3) is 17.4 Å². The topological polar surface area (TPSA) is 104 Å². The van der Waals surface area contributed by atoms with Gasteiger partial charge in [0.2, 0.25) is 0 Å². The van der Waals surface area contributed by atoms with Crippen molar-refractivity contribution in [2.24, 2.45) is 0 Å². The summed E-state index contributed by atoms with van der Waals surface area (Å²) in [7, 11) is 0. The molecule has 0 unspecified atom stereocenters. The summed E-state index contributed by atoms with van der Waals surface area (Å²) in [5.41, 5.74) is 0.864. The second-order valence-corrected chi connectivity index (χ2v) is 7.68. The third-order valence-electron chi connectivity index (χ3n) is 5.59. The number of amides is 2. The van der Waals surface area contributed by atoms with Crippen molar-refractivity contribution in [1.29, 1.82) is 0 Å². The molecule has 4 aromatic rings. The molecule has 4 rings (SSSR count). The largest absolute Gasteiger partial charge is 0.339 e. The molecule has 0 aliphatic carbocycles. The van der Waals surface area contributed by atoms with Gasteiger partial charge in [0, 0.05) is 29.9 Å². The second-order valence-electron chi connectivity index (χ2n) is 7.68. The maximum absolute atomic E-state index is 12.9. The monoisotopic (exact) mass is 456 g/mol. The number of fused-ring (bicyclic) bond motifs is 1. The Bertz CT molecular complexity index is 1480. The van der Waals surface area contributed by atoms with Crippen molar-refractivity contribution in [3.8, 4) is 5.69 Å². The predicted molar refractivity (Wildman–Crippen MR) is 132 cm³/mol. The highest BCUT2D eigenvalue weighted by molar-refractivity contribution is 6.06. The average molecular weight is 457 g/mol. The lowest BCUT2D eigenvalue weighted by Gasteiger charge is -2.19. The van der Waals surface area contributed by atoms with Crippen LogP contribution in [0, 0.1) is 0 Å². The van der Waals surface area contributed by atoms with E-state index in [1.165, 1.54) is 18.2 Å². The van der Waals surface area contributed by atoms with Crippen LogP contribution in [-0.2, 0) is 0 Å². The van der Waals surface area contributed by atoms with Crippen LogP contribution in [0.2, 0.25) is 0 Å². The molecule has 0 aliphatic rings. The zero-order chi connectivity index (χ0) is 24.2. The molecule has 0 saturated heterocycles. The highest BCUT2D eigenvalue weighted by Crippen LogP contribution is 2.16. The molecule has 2 N–H and O–H groups in total. The fraction of sp³-hybridized carbons (Fsp3) is 0.154. The number of nitrogens with zero attached hydrogens (tertiary/aromatic N) is 2. The molecule has 1 aromatic heterocycles. The molecule has 1 heterocycles. The molecule has 34 heavy (non-hydrogen) atoms. The minimum atomic E-state index is -0.594. The van der Waals surface area contributed by atoms with E-state index in [1.807, 2.05) is 13.8 Å². The summed E-state index contributed by atoms with van der Waals surface area (Å²) in [5.74, 6) is -0.540. The Morgan fingerprint density at radius 3 is 2.32 bits per heavy atom. The Hall–Kier alpha value is -4.46. The number of nitrogens with one attached hydrogen (secondary N) is 2. The number of para-hydroxylation sites is 1. The Morgan fingerprint density at radius 1 is 0.882 bits per heavy atom. The highest BCUT2D eigenvalue weighted by atomic mass is 16.2. The van der Waals surface area contributed by atoms with Crippen molar-refractivity contribution < 1.29 is 9.59 Å². The average Bonchev–Trinajstić information content (AvgIpc) is 2.85. The fourth-order valence-electron chi connectivity index (χ4n) is 3.80. The number of aromatic amines is 1. The van der Waals surface area contributed by atoms with Crippen LogP contribution in [0.4, 0.5) is 5.69 Å². The molecule has 0 aliphatic heterocycles. The number of H-pyrrole nitrogens is 1. The Balaban J connectivity index is 1.63. The third kappa shape index (κ3) is 4.38. The third-order valence-corrected chi connectivity index (χ3v) is 5.59. The first-order valence-electron chi connectivity index (χ1n) is 11.0. The van der Waals surface area contributed by atoms with Crippen LogP contribution in [0.1, 0.15) is 34.6 Å². The van der Waals surface area contributed by atoms with Gasteiger partial charge in [0.15, 0.2) is 0 Å². The van der Waals surface area contributed by atoms with Gasteiger partial charge < -0.3 is 15.2 Å². The van der Waals surface area contributed by atoms with Crippen LogP contribution >= 0.6 is 0 Å². The molecule has 0 atom stereocenters. The van der Waals surface area contributed by atoms with Gasteiger partial charge in [-0.05, 0) is 62.4 Å². The van der Waals surface area contributed by atoms with E-state index in [2.05, 4.69) is 10.3 Å². The van der Waals surface area contributed by atoms with Crippen LogP contribution in [-0.4, -0.2) is 39.4 Å². The van der Waals surface area contributed by atoms with Crippen molar-refractivity contribution in [3.63, 3.8) is 0 Å². The highest BCUT2D eigenvalue weighted by Gasteiger charge is 2.15. The van der Waals surface area contributed by atoms with Crippen LogP contribution in [0.3, 0.4) is 0 Å². The quantitative estimate of drug-likeness (QED) is 0.464. The molecule has 2 amide bonds. The minimum absolute atomic E-state index is 0.112. The van der Waals surface area contributed by atoms with Crippen LogP contribution < -0.4 is 16.6 Å². The van der Waals surface area contributed by atoms with Crippen LogP contribution in [0.25, 0.3) is 16.6 Å². The molecular weight excluding hydrogens is 432 g/mol. The lowest BCUT2D eigenvalue weighted by atomic mass is 10.1. The smallest absolute Gasteiger partial charge is 0.333 e. The van der Waals surface area contributed by atoms with Gasteiger partial charge in [-0.2, -0.15) is 0 Å². The maximum atomic E-state index is 12.9. The Labute approximate surface area is 195 Å². The Morgan fingerprint density at radius 2 is 1.62 bits per heavy atom. The molecule has 0 bridgehead atoms. The summed E-state index contributed by atoms with van der Waals surface area (Å²) in [6, 6.07) is 19.8. The van der Waals surface area contributed by atoms with Crippen LogP contribution in [0.15, 0.2) is 82.4 Å². The summed E-state index contributed by atoms with van der Waals surface area (Å²) in [4.78, 5) is 55.4. The molecule has 8 heteroatoms. The lowest BCUT2D eigenvalue weighted by molar-refractivity contribution is 0.0772. The minimum Gasteiger partial charge on any atom is -0.339 e. The van der Waals surface area contributed by atoms with Gasteiger partial charge in [0.05, 0.1) is 16.6 Å². The van der Waals surface area contributed by atoms with Crippen LogP contribution in [0.5, 0.6) is 0 Å². The molecular formula is C26H24N4O4. The molecule has 0 fully saturated rings. The van der Waals surface area contributed by atoms with E-state index >= 15 is 0 Å². The number of benzene rings is 3. The van der Waals surface area contributed by atoms with Gasteiger partial charge in [0.1, 0.15) is 0 Å². The summed E-state index contributed by atoms with van der Waals surface area (Å²) in [5, 5.41) is 3.06. The molecule has 0 radical (unpaired) electrons. The lowest BCUT2D eigenvalue weighted by Crippen LogP contribution is -2.33. The van der Waals surface area contributed by atoms with E-state index in [1.54, 1.807) is 59.5 Å². The molecule has 0 spiro atoms. The van der Waals surface area contributed by atoms with E-state index in [9.17, 15) is 19.2 Å². The van der Waals surface area contributed by atoms with Gasteiger partial charge in [-0.1, -0.05) is 24.3 Å². The first kappa shape index (κ1) is 22.7. The normalized spacial score (nSPS) is 10.8. The summed E-state index contributed by atoms with van der Waals surface area (Å²) in [6.07, 6.45) is 0. The van der Waals surface area contributed by atoms with Gasteiger partial charge in [-0.15, -0.1) is 0 Å². The molecule has 3 aromatic carbocycles.